The number of ether oxygens (including phenoxy) is 2. The molecular weight excluding hydrogens is 548 g/mol. The first-order valence-electron chi connectivity index (χ1n) is 12.9. The molecule has 0 aromatic heterocycles. The Labute approximate surface area is 238 Å². The largest absolute Gasteiger partial charge is 0.545 e. The molecule has 2 heterocycles. The Hall–Kier alpha value is -5.52. The first-order chi connectivity index (χ1) is 20.2. The summed E-state index contributed by atoms with van der Waals surface area (Å²) < 4.78 is 11.7. The van der Waals surface area contributed by atoms with Crippen LogP contribution in [0.1, 0.15) is 57.5 Å². The zero-order valence-electron chi connectivity index (χ0n) is 22.0. The molecule has 2 aliphatic rings. The molecule has 4 amide bonds. The minimum Gasteiger partial charge on any atom is -0.545 e. The Kier molecular flexibility index (Phi) is 7.69. The minimum absolute atomic E-state index is 0.294. The zero-order chi connectivity index (χ0) is 30.0. The maximum absolute atomic E-state index is 12.9. The van der Waals surface area contributed by atoms with Crippen molar-refractivity contribution in [2.45, 2.75) is 38.9 Å². The van der Waals surface area contributed by atoms with E-state index < -0.39 is 69.6 Å². The average Bonchev–Trinajstić information content (AvgIpc) is 3.49. The molecule has 3 aromatic carbocycles. The second-order valence-corrected chi connectivity index (χ2v) is 9.47. The summed E-state index contributed by atoms with van der Waals surface area (Å²) in [6.07, 6.45) is -1.28. The lowest BCUT2D eigenvalue weighted by atomic mass is 9.99. The van der Waals surface area contributed by atoms with Gasteiger partial charge in [0.2, 0.25) is 23.6 Å². The van der Waals surface area contributed by atoms with Crippen molar-refractivity contribution >= 4 is 46.9 Å². The molecule has 0 spiro atoms. The van der Waals surface area contributed by atoms with Crippen LogP contribution in [0.4, 0.5) is 11.4 Å². The van der Waals surface area contributed by atoms with Crippen LogP contribution >= 0.6 is 0 Å². The molecule has 0 saturated carbocycles. The van der Waals surface area contributed by atoms with E-state index in [2.05, 4.69) is 0 Å². The summed E-state index contributed by atoms with van der Waals surface area (Å²) in [6.45, 7) is -0.588. The van der Waals surface area contributed by atoms with Crippen LogP contribution in [0.15, 0.2) is 60.7 Å². The molecule has 3 aromatic rings. The number of amides is 4. The highest BCUT2D eigenvalue weighted by molar-refractivity contribution is 6.30. The van der Waals surface area contributed by atoms with Crippen LogP contribution in [0.3, 0.4) is 0 Å². The average molecular weight is 571 g/mol. The number of nitrogens with zero attached hydrogens (tertiary/aromatic N) is 2. The Morgan fingerprint density at radius 2 is 0.881 bits per heavy atom. The third-order valence-electron chi connectivity index (χ3n) is 6.77. The van der Waals surface area contributed by atoms with E-state index in [1.807, 2.05) is 0 Å². The van der Waals surface area contributed by atoms with Crippen LogP contribution in [0.25, 0.3) is 0 Å². The SMILES string of the molecule is O=C([O-])c1c(OCc2ccccc2)c(OCc2ccccc2)c(C(=O)[O-])c(N2C(=O)CCC2=O)c1N1C(=O)CCC1=O. The van der Waals surface area contributed by atoms with Crippen molar-refractivity contribution in [3.05, 3.63) is 82.9 Å². The lowest BCUT2D eigenvalue weighted by Crippen LogP contribution is -2.40. The predicted octanol–water partition coefficient (Wildman–Crippen LogP) is 0.878. The van der Waals surface area contributed by atoms with Gasteiger partial charge >= 0.3 is 0 Å². The van der Waals surface area contributed by atoms with Gasteiger partial charge in [0.15, 0.2) is 11.5 Å². The first kappa shape index (κ1) is 28.0. The summed E-state index contributed by atoms with van der Waals surface area (Å²) >= 11 is 0. The summed E-state index contributed by atoms with van der Waals surface area (Å²) in [5.41, 5.74) is -2.44. The van der Waals surface area contributed by atoms with Crippen LogP contribution in [-0.4, -0.2) is 35.6 Å². The topological polar surface area (TPSA) is 173 Å². The lowest BCUT2D eigenvalue weighted by molar-refractivity contribution is -0.256. The number of hydrogen-bond donors (Lipinski definition) is 0. The van der Waals surface area contributed by atoms with E-state index in [-0.39, 0.29) is 38.9 Å². The standard InChI is InChI=1S/C30H24N2O10/c33-19-11-12-20(34)31(19)25-23(29(37)38)27(41-15-17-7-3-1-4-8-17)28(42-16-18-9-5-2-6-10-18)24(30(39)40)26(25)32-21(35)13-14-22(32)36/h1-10H,11-16H2,(H,37,38)(H,39,40)/p-2. The molecule has 5 rings (SSSR count). The molecule has 0 radical (unpaired) electrons. The molecule has 0 N–H and O–H groups in total. The number of aromatic carboxylic acids is 2. The number of imide groups is 2. The third-order valence-corrected chi connectivity index (χ3v) is 6.77. The van der Waals surface area contributed by atoms with Crippen molar-refractivity contribution in [1.82, 2.24) is 0 Å². The summed E-state index contributed by atoms with van der Waals surface area (Å²) in [5.74, 6) is -8.82. The fourth-order valence-corrected chi connectivity index (χ4v) is 4.88. The van der Waals surface area contributed by atoms with Crippen molar-refractivity contribution < 1.29 is 48.5 Å². The normalized spacial score (nSPS) is 15.0. The number of benzene rings is 3. The Morgan fingerprint density at radius 1 is 0.571 bits per heavy atom. The number of carbonyl (C=O) groups excluding carboxylic acids is 6. The van der Waals surface area contributed by atoms with Crippen molar-refractivity contribution in [2.75, 3.05) is 9.80 Å². The fraction of sp³-hybridized carbons (Fsp3) is 0.200. The number of hydrogen-bond acceptors (Lipinski definition) is 10. The Morgan fingerprint density at radius 3 is 1.17 bits per heavy atom. The molecule has 42 heavy (non-hydrogen) atoms. The number of rotatable bonds is 10. The van der Waals surface area contributed by atoms with Gasteiger partial charge < -0.3 is 29.3 Å². The maximum Gasteiger partial charge on any atom is 0.234 e. The molecule has 0 aliphatic carbocycles. The van der Waals surface area contributed by atoms with E-state index in [0.29, 0.717) is 20.9 Å². The van der Waals surface area contributed by atoms with Gasteiger partial charge in [-0.05, 0) is 11.1 Å². The summed E-state index contributed by atoms with van der Waals surface area (Å²) in [7, 11) is 0. The molecule has 2 saturated heterocycles. The van der Waals surface area contributed by atoms with Gasteiger partial charge in [0, 0.05) is 25.7 Å². The second kappa shape index (κ2) is 11.5. The van der Waals surface area contributed by atoms with Crippen molar-refractivity contribution in [3.63, 3.8) is 0 Å². The quantitative estimate of drug-likeness (QED) is 0.318. The predicted molar refractivity (Wildman–Crippen MR) is 140 cm³/mol. The molecule has 12 heteroatoms. The van der Waals surface area contributed by atoms with Crippen LogP contribution in [0.5, 0.6) is 11.5 Å². The van der Waals surface area contributed by atoms with Gasteiger partial charge in [0.25, 0.3) is 0 Å². The van der Waals surface area contributed by atoms with Crippen molar-refractivity contribution in [2.24, 2.45) is 0 Å². The molecular formula is C30H22N2O10-2. The van der Waals surface area contributed by atoms with Gasteiger partial charge in [-0.1, -0.05) is 60.7 Å². The second-order valence-electron chi connectivity index (χ2n) is 9.47. The number of carboxylic acids is 2. The van der Waals surface area contributed by atoms with E-state index in [4.69, 9.17) is 9.47 Å². The van der Waals surface area contributed by atoms with Gasteiger partial charge in [0.05, 0.1) is 34.4 Å². The fourth-order valence-electron chi connectivity index (χ4n) is 4.88. The monoisotopic (exact) mass is 570 g/mol. The molecule has 0 atom stereocenters. The number of carboxylic acid groups (broad SMARTS) is 2. The summed E-state index contributed by atoms with van der Waals surface area (Å²) in [6, 6.07) is 16.9. The van der Waals surface area contributed by atoms with Gasteiger partial charge in [-0.15, -0.1) is 0 Å². The van der Waals surface area contributed by atoms with Gasteiger partial charge in [-0.2, -0.15) is 0 Å². The zero-order valence-corrected chi connectivity index (χ0v) is 22.0. The summed E-state index contributed by atoms with van der Waals surface area (Å²) in [5, 5.41) is 25.6. The highest BCUT2D eigenvalue weighted by Gasteiger charge is 2.44. The molecule has 214 valence electrons. The van der Waals surface area contributed by atoms with Crippen LogP contribution in [-0.2, 0) is 32.4 Å². The number of anilines is 2. The molecule has 0 unspecified atom stereocenters. The van der Waals surface area contributed by atoms with Crippen LogP contribution < -0.4 is 29.5 Å². The molecule has 2 aliphatic heterocycles. The molecule has 12 nitrogen and oxygen atoms in total. The van der Waals surface area contributed by atoms with E-state index in [1.54, 1.807) is 60.7 Å². The third kappa shape index (κ3) is 5.17. The van der Waals surface area contributed by atoms with Crippen molar-refractivity contribution in [1.29, 1.82) is 0 Å². The van der Waals surface area contributed by atoms with E-state index in [9.17, 15) is 39.0 Å². The maximum atomic E-state index is 12.9. The van der Waals surface area contributed by atoms with Crippen molar-refractivity contribution in [3.8, 4) is 11.5 Å². The van der Waals surface area contributed by atoms with Gasteiger partial charge in [-0.3, -0.25) is 19.2 Å². The lowest BCUT2D eigenvalue weighted by Gasteiger charge is -2.32. The van der Waals surface area contributed by atoms with Gasteiger partial charge in [0.1, 0.15) is 13.2 Å². The van der Waals surface area contributed by atoms with E-state index in [1.165, 1.54) is 0 Å². The molecule has 2 fully saturated rings. The smallest absolute Gasteiger partial charge is 0.234 e. The van der Waals surface area contributed by atoms with E-state index in [0.717, 1.165) is 0 Å². The van der Waals surface area contributed by atoms with Crippen LogP contribution in [0, 0.1) is 0 Å². The highest BCUT2D eigenvalue weighted by atomic mass is 16.5. The Bertz CT molecular complexity index is 1470. The first-order valence-corrected chi connectivity index (χ1v) is 12.9. The number of carbonyl (C=O) groups is 6. The summed E-state index contributed by atoms with van der Waals surface area (Å²) in [4.78, 5) is 78.2. The molecule has 0 bridgehead atoms. The van der Waals surface area contributed by atoms with Crippen LogP contribution in [0.2, 0.25) is 0 Å². The highest BCUT2D eigenvalue weighted by Crippen LogP contribution is 2.51. The van der Waals surface area contributed by atoms with Gasteiger partial charge in [-0.25, -0.2) is 9.80 Å². The minimum atomic E-state index is -1.98. The van der Waals surface area contributed by atoms with E-state index >= 15 is 0 Å². The Balaban J connectivity index is 1.85.